The highest BCUT2D eigenvalue weighted by atomic mass is 16.7. The molecule has 3 aliphatic rings. The fourth-order valence-electron chi connectivity index (χ4n) is 4.61. The molecule has 2 aliphatic heterocycles. The number of carbonyl (C=O) groups excluding carboxylic acids is 1. The van der Waals surface area contributed by atoms with Crippen molar-refractivity contribution in [3.8, 4) is 17.2 Å². The van der Waals surface area contributed by atoms with Gasteiger partial charge >= 0.3 is 5.97 Å². The van der Waals surface area contributed by atoms with Crippen molar-refractivity contribution in [2.75, 3.05) is 20.5 Å². The van der Waals surface area contributed by atoms with Crippen molar-refractivity contribution in [1.82, 2.24) is 0 Å². The molecule has 0 saturated carbocycles. The lowest BCUT2D eigenvalue weighted by Crippen LogP contribution is -2.34. The summed E-state index contributed by atoms with van der Waals surface area (Å²) < 4.78 is 21.7. The zero-order valence-electron chi connectivity index (χ0n) is 15.3. The molecule has 2 aromatic carbocycles. The fourth-order valence-corrected chi connectivity index (χ4v) is 4.61. The van der Waals surface area contributed by atoms with E-state index in [1.165, 1.54) is 0 Å². The molecule has 146 valence electrons. The molecule has 0 aromatic heterocycles. The molecule has 7 nitrogen and oxygen atoms in total. The minimum Gasteiger partial charge on any atom is -0.497 e. The topological polar surface area (TPSA) is 94.5 Å². The molecule has 1 fully saturated rings. The Morgan fingerprint density at radius 3 is 2.54 bits per heavy atom. The Labute approximate surface area is 161 Å². The minimum atomic E-state index is -0.833. The number of benzene rings is 2. The third-order valence-corrected chi connectivity index (χ3v) is 5.91. The average Bonchev–Trinajstić information content (AvgIpc) is 3.33. The molecule has 5 rings (SSSR count). The Hall–Kier alpha value is -2.77. The van der Waals surface area contributed by atoms with Gasteiger partial charge in [0.15, 0.2) is 11.5 Å². The highest BCUT2D eigenvalue weighted by Crippen LogP contribution is 2.54. The van der Waals surface area contributed by atoms with Crippen LogP contribution in [0.25, 0.3) is 0 Å². The van der Waals surface area contributed by atoms with E-state index < -0.39 is 12.0 Å². The SMILES string of the molecule is COc1cc(CO)cc(C2c3cc4c(cc3C(O)[C@H]3COC(=O)[C@@H]23)OCO4)c1. The fraction of sp³-hybridized carbons (Fsp3) is 0.381. The number of fused-ring (bicyclic) bond motifs is 3. The average molecular weight is 384 g/mol. The van der Waals surface area contributed by atoms with Crippen LogP contribution in [0.3, 0.4) is 0 Å². The minimum absolute atomic E-state index is 0.127. The van der Waals surface area contributed by atoms with E-state index >= 15 is 0 Å². The van der Waals surface area contributed by atoms with Crippen LogP contribution in [0.5, 0.6) is 17.2 Å². The van der Waals surface area contributed by atoms with Crippen LogP contribution in [0.1, 0.15) is 34.3 Å². The van der Waals surface area contributed by atoms with E-state index in [0.29, 0.717) is 28.4 Å². The molecular weight excluding hydrogens is 364 g/mol. The Balaban J connectivity index is 1.73. The van der Waals surface area contributed by atoms with Gasteiger partial charge in [-0.2, -0.15) is 0 Å². The van der Waals surface area contributed by atoms with Gasteiger partial charge in [0.2, 0.25) is 6.79 Å². The third-order valence-electron chi connectivity index (χ3n) is 5.91. The van der Waals surface area contributed by atoms with Gasteiger partial charge in [0.1, 0.15) is 5.75 Å². The Kier molecular flexibility index (Phi) is 3.96. The molecule has 1 aliphatic carbocycles. The van der Waals surface area contributed by atoms with Gasteiger partial charge in [0.25, 0.3) is 0 Å². The van der Waals surface area contributed by atoms with Crippen molar-refractivity contribution >= 4 is 5.97 Å². The Morgan fingerprint density at radius 2 is 1.82 bits per heavy atom. The molecule has 2 aromatic rings. The summed E-state index contributed by atoms with van der Waals surface area (Å²) in [4.78, 5) is 12.6. The molecule has 0 spiro atoms. The lowest BCUT2D eigenvalue weighted by atomic mass is 9.66. The van der Waals surface area contributed by atoms with Crippen molar-refractivity contribution in [2.24, 2.45) is 11.8 Å². The van der Waals surface area contributed by atoms with Gasteiger partial charge in [-0.25, -0.2) is 0 Å². The number of carbonyl (C=O) groups is 1. The van der Waals surface area contributed by atoms with Crippen molar-refractivity contribution in [3.05, 3.63) is 52.6 Å². The van der Waals surface area contributed by atoms with Crippen LogP contribution < -0.4 is 14.2 Å². The van der Waals surface area contributed by atoms with Crippen molar-refractivity contribution in [3.63, 3.8) is 0 Å². The van der Waals surface area contributed by atoms with E-state index in [4.69, 9.17) is 18.9 Å². The van der Waals surface area contributed by atoms with Gasteiger partial charge in [-0.15, -0.1) is 0 Å². The first-order chi connectivity index (χ1) is 13.6. The Morgan fingerprint density at radius 1 is 1.07 bits per heavy atom. The second-order valence-corrected chi connectivity index (χ2v) is 7.35. The summed E-state index contributed by atoms with van der Waals surface area (Å²) in [5.74, 6) is 0.209. The van der Waals surface area contributed by atoms with Crippen molar-refractivity contribution in [1.29, 1.82) is 0 Å². The van der Waals surface area contributed by atoms with Crippen LogP contribution in [0.15, 0.2) is 30.3 Å². The predicted molar refractivity (Wildman–Crippen MR) is 96.2 cm³/mol. The summed E-state index contributed by atoms with van der Waals surface area (Å²) in [6.45, 7) is 0.152. The second-order valence-electron chi connectivity index (χ2n) is 7.35. The first-order valence-corrected chi connectivity index (χ1v) is 9.17. The van der Waals surface area contributed by atoms with Crippen LogP contribution in [0.4, 0.5) is 0 Å². The maximum Gasteiger partial charge on any atom is 0.310 e. The summed E-state index contributed by atoms with van der Waals surface area (Å²) in [6.07, 6.45) is -0.833. The number of esters is 1. The predicted octanol–water partition coefficient (Wildman–Crippen LogP) is 1.88. The monoisotopic (exact) mass is 384 g/mol. The lowest BCUT2D eigenvalue weighted by Gasteiger charge is -2.37. The number of cyclic esters (lactones) is 1. The largest absolute Gasteiger partial charge is 0.497 e. The Bertz CT molecular complexity index is 932. The molecule has 0 bridgehead atoms. The van der Waals surface area contributed by atoms with Gasteiger partial charge in [-0.1, -0.05) is 6.07 Å². The van der Waals surface area contributed by atoms with E-state index in [9.17, 15) is 15.0 Å². The molecule has 0 radical (unpaired) electrons. The number of methoxy groups -OCH3 is 1. The van der Waals surface area contributed by atoms with Gasteiger partial charge in [0.05, 0.1) is 32.3 Å². The third kappa shape index (κ3) is 2.47. The highest BCUT2D eigenvalue weighted by molar-refractivity contribution is 5.78. The van der Waals surface area contributed by atoms with Crippen LogP contribution in [-0.4, -0.2) is 36.7 Å². The summed E-state index contributed by atoms with van der Waals surface area (Å²) in [7, 11) is 1.56. The van der Waals surface area contributed by atoms with Crippen LogP contribution in [0.2, 0.25) is 0 Å². The molecular formula is C21H20O7. The summed E-state index contributed by atoms with van der Waals surface area (Å²) in [5.41, 5.74) is 3.02. The van der Waals surface area contributed by atoms with Gasteiger partial charge in [0, 0.05) is 11.8 Å². The summed E-state index contributed by atoms with van der Waals surface area (Å²) in [6, 6.07) is 9.11. The van der Waals surface area contributed by atoms with Crippen LogP contribution >= 0.6 is 0 Å². The smallest absolute Gasteiger partial charge is 0.310 e. The molecule has 4 atom stereocenters. The quantitative estimate of drug-likeness (QED) is 0.781. The number of aliphatic hydroxyl groups excluding tert-OH is 2. The number of hydrogen-bond donors (Lipinski definition) is 2. The van der Waals surface area contributed by atoms with E-state index in [0.717, 1.165) is 11.1 Å². The maximum absolute atomic E-state index is 12.6. The molecule has 2 unspecified atom stereocenters. The van der Waals surface area contributed by atoms with E-state index in [2.05, 4.69) is 0 Å². The summed E-state index contributed by atoms with van der Waals surface area (Å²) in [5, 5.41) is 20.6. The molecule has 2 N–H and O–H groups in total. The van der Waals surface area contributed by atoms with Gasteiger partial charge < -0.3 is 29.2 Å². The highest BCUT2D eigenvalue weighted by Gasteiger charge is 2.52. The number of aliphatic hydroxyl groups is 2. The van der Waals surface area contributed by atoms with E-state index in [1.807, 2.05) is 18.2 Å². The normalized spacial score (nSPS) is 27.2. The van der Waals surface area contributed by atoms with E-state index in [-0.39, 0.29) is 37.8 Å². The van der Waals surface area contributed by atoms with Crippen molar-refractivity contribution < 1.29 is 34.0 Å². The standard InChI is InChI=1S/C21H20O7/c1-25-12-3-10(7-22)2-11(4-12)18-13-5-16-17(28-9-27-16)6-14(13)20(23)15-8-26-21(24)19(15)18/h2-6,15,18-20,22-23H,7-9H2,1H3/t15-,18?,19+,20?/m0/s1. The first-order valence-electron chi connectivity index (χ1n) is 9.17. The van der Waals surface area contributed by atoms with Crippen molar-refractivity contribution in [2.45, 2.75) is 18.6 Å². The lowest BCUT2D eigenvalue weighted by molar-refractivity contribution is -0.141. The molecule has 7 heteroatoms. The van der Waals surface area contributed by atoms with E-state index in [1.54, 1.807) is 19.2 Å². The molecule has 1 saturated heterocycles. The first kappa shape index (κ1) is 17.3. The van der Waals surface area contributed by atoms with Crippen LogP contribution in [0, 0.1) is 11.8 Å². The number of ether oxygens (including phenoxy) is 4. The molecule has 0 amide bonds. The number of hydrogen-bond acceptors (Lipinski definition) is 7. The summed E-state index contributed by atoms with van der Waals surface area (Å²) >= 11 is 0. The van der Waals surface area contributed by atoms with Crippen LogP contribution in [-0.2, 0) is 16.1 Å². The van der Waals surface area contributed by atoms with Gasteiger partial charge in [-0.05, 0) is 46.5 Å². The zero-order chi connectivity index (χ0) is 19.4. The number of rotatable bonds is 3. The maximum atomic E-state index is 12.6. The molecule has 28 heavy (non-hydrogen) atoms. The van der Waals surface area contributed by atoms with Gasteiger partial charge in [-0.3, -0.25) is 4.79 Å². The zero-order valence-corrected chi connectivity index (χ0v) is 15.3. The second kappa shape index (κ2) is 6.39. The molecule has 2 heterocycles.